The molecule has 0 fully saturated rings. The maximum Gasteiger partial charge on any atom is 1.00 e. The number of hydrogen-bond acceptors (Lipinski definition) is 12. The van der Waals surface area contributed by atoms with Crippen LogP contribution >= 0.6 is 0 Å². The van der Waals surface area contributed by atoms with E-state index in [2.05, 4.69) is 16.0 Å². The van der Waals surface area contributed by atoms with Crippen molar-refractivity contribution in [2.75, 3.05) is 16.0 Å². The number of benzene rings is 6. The summed E-state index contributed by atoms with van der Waals surface area (Å²) < 4.78 is 102. The van der Waals surface area contributed by atoms with E-state index in [1.807, 2.05) is 72.8 Å². The average Bonchev–Trinajstić information content (AvgIpc) is 3.10. The second kappa shape index (κ2) is 17.8. The van der Waals surface area contributed by atoms with Gasteiger partial charge in [-0.2, -0.15) is 0 Å². The average molecular weight is 800 g/mol. The van der Waals surface area contributed by atoms with Gasteiger partial charge in [0.25, 0.3) is 0 Å². The van der Waals surface area contributed by atoms with Gasteiger partial charge >= 0.3 is 59.1 Å². The van der Waals surface area contributed by atoms with Gasteiger partial charge in [-0.25, -0.2) is 25.3 Å². The summed E-state index contributed by atoms with van der Waals surface area (Å²) >= 11 is 0. The van der Waals surface area contributed by atoms with Gasteiger partial charge in [-0.15, -0.1) is 0 Å². The molecule has 0 radical (unpaired) electrons. The maximum absolute atomic E-state index is 11.3. The Hall–Kier alpha value is -3.68. The quantitative estimate of drug-likeness (QED) is 0.0676. The molecule has 54 heavy (non-hydrogen) atoms. The maximum atomic E-state index is 11.3. The molecule has 0 aliphatic rings. The van der Waals surface area contributed by atoms with E-state index in [4.69, 9.17) is 0 Å². The molecule has 6 aromatic rings. The summed E-state index contributed by atoms with van der Waals surface area (Å²) in [5.41, 5.74) is 6.50. The molecule has 0 aliphatic carbocycles. The van der Waals surface area contributed by atoms with Crippen LogP contribution in [0.15, 0.2) is 160 Å². The summed E-state index contributed by atoms with van der Waals surface area (Å²) in [6.07, 6.45) is 0. The van der Waals surface area contributed by atoms with Crippen molar-refractivity contribution in [2.45, 2.75) is 14.7 Å². The van der Waals surface area contributed by atoms with Gasteiger partial charge in [0.05, 0.1) is 37.3 Å². The Morgan fingerprint density at radius 3 is 0.648 bits per heavy atom. The first-order valence-corrected chi connectivity index (χ1v) is 19.5. The molecule has 0 saturated carbocycles. The molecule has 6 aromatic carbocycles. The van der Waals surface area contributed by atoms with E-state index in [0.29, 0.717) is 34.1 Å². The van der Waals surface area contributed by atoms with Crippen LogP contribution in [-0.4, -0.2) is 38.9 Å². The van der Waals surface area contributed by atoms with Crippen molar-refractivity contribution >= 4 is 64.5 Å². The van der Waals surface area contributed by atoms with Crippen molar-refractivity contribution in [1.82, 2.24) is 0 Å². The molecule has 0 aromatic heterocycles. The molecule has 0 saturated heterocycles. The zero-order valence-electron chi connectivity index (χ0n) is 28.8. The number of nitrogens with one attached hydrogen (secondary N) is 3. The van der Waals surface area contributed by atoms with Gasteiger partial charge in [0.1, 0.15) is 30.4 Å². The first-order chi connectivity index (χ1) is 24.6. The molecular weight excluding hydrogens is 773 g/mol. The molecule has 3 N–H and O–H groups in total. The monoisotopic (exact) mass is 799 g/mol. The van der Waals surface area contributed by atoms with Crippen molar-refractivity contribution in [3.05, 3.63) is 168 Å². The molecule has 0 unspecified atom stereocenters. The third-order valence-corrected chi connectivity index (χ3v) is 10.4. The predicted molar refractivity (Wildman–Crippen MR) is 193 cm³/mol. The Kier molecular flexibility index (Phi) is 14.2. The Labute approximate surface area is 357 Å². The molecule has 264 valence electrons. The molecular formula is C37H27N3Na2O9S3. The molecule has 12 nitrogen and oxygen atoms in total. The molecule has 0 amide bonds. The van der Waals surface area contributed by atoms with Gasteiger partial charge < -0.3 is 29.6 Å². The summed E-state index contributed by atoms with van der Waals surface area (Å²) in [6, 6.07) is 39.1. The van der Waals surface area contributed by atoms with Gasteiger partial charge in [-0.3, -0.25) is 0 Å². The van der Waals surface area contributed by atoms with E-state index in [1.54, 1.807) is 0 Å². The van der Waals surface area contributed by atoms with Crippen LogP contribution in [0.1, 0.15) is 16.7 Å². The van der Waals surface area contributed by atoms with Gasteiger partial charge in [-0.05, 0) is 146 Å². The van der Waals surface area contributed by atoms with Crippen LogP contribution in [0.4, 0.5) is 34.1 Å². The SMILES string of the molecule is O=S(=O)([O-])c1ccc(Nc2ccc([C+](c3ccc(Nc4ccc(S(=O)(=O)[O-])cc4)cc3)c3ccc(Nc4ccc(S(=O)(=O)[O-])cc4)cc3)cc2)cc1.[Na+].[Na+]. The van der Waals surface area contributed by atoms with Crippen LogP contribution < -0.4 is 75.1 Å². The van der Waals surface area contributed by atoms with Crippen LogP contribution in [0.25, 0.3) is 0 Å². The fourth-order valence-electron chi connectivity index (χ4n) is 5.28. The van der Waals surface area contributed by atoms with E-state index < -0.39 is 30.4 Å². The van der Waals surface area contributed by atoms with E-state index in [0.717, 1.165) is 22.6 Å². The van der Waals surface area contributed by atoms with Gasteiger partial charge in [0.2, 0.25) is 0 Å². The second-order valence-corrected chi connectivity index (χ2v) is 15.6. The normalized spacial score (nSPS) is 11.4. The first kappa shape index (κ1) is 43.1. The van der Waals surface area contributed by atoms with Crippen LogP contribution in [0.2, 0.25) is 0 Å². The van der Waals surface area contributed by atoms with Crippen molar-refractivity contribution < 1.29 is 98.0 Å². The van der Waals surface area contributed by atoms with Crippen LogP contribution in [0.5, 0.6) is 0 Å². The minimum atomic E-state index is -4.56. The van der Waals surface area contributed by atoms with Crippen molar-refractivity contribution in [3.63, 3.8) is 0 Å². The smallest absolute Gasteiger partial charge is 0.744 e. The van der Waals surface area contributed by atoms with E-state index in [-0.39, 0.29) is 73.8 Å². The standard InChI is InChI=1S/C37H29N3O9S3.2Na/c41-50(42,43)34-19-13-31(14-20-34)38-28-7-1-25(2-8-28)37(26-3-9-29(10-4-26)39-32-15-21-35(22-16-32)51(44,45)46)27-5-11-30(12-6-27)40-33-17-23-36(24-18-33)52(47,48)49;;/h1-24,38-40H,(H2-,41,42,43,44,45,46,47,48,49);;/q;2*+1/p-2. The second-order valence-electron chi connectivity index (χ2n) is 11.4. The van der Waals surface area contributed by atoms with Crippen molar-refractivity contribution in [2.24, 2.45) is 0 Å². The van der Waals surface area contributed by atoms with Gasteiger partial charge in [0, 0.05) is 34.1 Å². The van der Waals surface area contributed by atoms with Gasteiger partial charge in [-0.1, -0.05) is 0 Å². The Balaban J connectivity index is 0.00000325. The van der Waals surface area contributed by atoms with Crippen LogP contribution in [-0.2, 0) is 30.4 Å². The minimum absolute atomic E-state index is 0. The number of anilines is 6. The Morgan fingerprint density at radius 1 is 0.315 bits per heavy atom. The fraction of sp³-hybridized carbons (Fsp3) is 0. The third-order valence-electron chi connectivity index (χ3n) is 7.82. The predicted octanol–water partition coefficient (Wildman–Crippen LogP) is 0.657. The van der Waals surface area contributed by atoms with E-state index >= 15 is 0 Å². The molecule has 0 spiro atoms. The number of hydrogen-bond donors (Lipinski definition) is 3. The molecule has 0 heterocycles. The molecule has 17 heteroatoms. The largest absolute Gasteiger partial charge is 1.00 e. The van der Waals surface area contributed by atoms with E-state index in [9.17, 15) is 38.9 Å². The van der Waals surface area contributed by atoms with E-state index in [1.165, 1.54) is 72.8 Å². The molecule has 0 atom stereocenters. The Bertz CT molecular complexity index is 2240. The topological polar surface area (TPSA) is 208 Å². The summed E-state index contributed by atoms with van der Waals surface area (Å²) in [5.74, 6) is 0.879. The summed E-state index contributed by atoms with van der Waals surface area (Å²) in [7, 11) is -13.7. The van der Waals surface area contributed by atoms with Crippen molar-refractivity contribution in [1.29, 1.82) is 0 Å². The molecule has 6 rings (SSSR count). The summed E-state index contributed by atoms with van der Waals surface area (Å²) in [6.45, 7) is 0. The van der Waals surface area contributed by atoms with Crippen LogP contribution in [0, 0.1) is 5.92 Å². The summed E-state index contributed by atoms with van der Waals surface area (Å²) in [5, 5.41) is 9.57. The third kappa shape index (κ3) is 11.2. The van der Waals surface area contributed by atoms with Crippen LogP contribution in [0.3, 0.4) is 0 Å². The minimum Gasteiger partial charge on any atom is -0.744 e. The zero-order valence-corrected chi connectivity index (χ0v) is 35.2. The molecule has 0 aliphatic heterocycles. The zero-order chi connectivity index (χ0) is 37.1. The summed E-state index contributed by atoms with van der Waals surface area (Å²) in [4.78, 5) is -0.971. The fourth-order valence-corrected chi connectivity index (χ4v) is 6.68. The molecule has 0 bridgehead atoms. The van der Waals surface area contributed by atoms with Gasteiger partial charge in [0.15, 0.2) is 0 Å². The first-order valence-electron chi connectivity index (χ1n) is 15.3. The van der Waals surface area contributed by atoms with Crippen molar-refractivity contribution in [3.8, 4) is 0 Å². The number of rotatable bonds is 12. The Morgan fingerprint density at radius 2 is 0.481 bits per heavy atom.